The molecule has 2 nitrogen and oxygen atoms in total. The summed E-state index contributed by atoms with van der Waals surface area (Å²) in [5.41, 5.74) is 2.54. The number of nitrogens with zero attached hydrogens (tertiary/aromatic N) is 1. The first kappa shape index (κ1) is 12.5. The first-order valence-corrected chi connectivity index (χ1v) is 6.07. The summed E-state index contributed by atoms with van der Waals surface area (Å²) in [5, 5.41) is 3.24. The Hall–Kier alpha value is -0.540. The van der Waals surface area contributed by atoms with E-state index in [9.17, 15) is 0 Å². The average molecular weight is 271 g/mol. The first-order chi connectivity index (χ1) is 7.10. The van der Waals surface area contributed by atoms with E-state index in [0.717, 1.165) is 6.54 Å². The van der Waals surface area contributed by atoms with Crippen LogP contribution in [0.4, 0.5) is 5.69 Å². The normalized spacial score (nSPS) is 12.6. The van der Waals surface area contributed by atoms with E-state index in [4.69, 9.17) is 0 Å². The maximum atomic E-state index is 3.62. The smallest absolute Gasteiger partial charge is 0.0375 e. The van der Waals surface area contributed by atoms with Crippen molar-refractivity contribution in [2.24, 2.45) is 0 Å². The largest absolute Gasteiger partial charge is 0.375 e. The highest BCUT2D eigenvalue weighted by molar-refractivity contribution is 9.10. The van der Waals surface area contributed by atoms with Gasteiger partial charge < -0.3 is 10.2 Å². The van der Waals surface area contributed by atoms with Crippen LogP contribution >= 0.6 is 15.9 Å². The fourth-order valence-electron chi connectivity index (χ4n) is 1.44. The van der Waals surface area contributed by atoms with Crippen LogP contribution in [0.25, 0.3) is 0 Å². The van der Waals surface area contributed by atoms with E-state index in [-0.39, 0.29) is 0 Å². The molecule has 0 saturated carbocycles. The predicted molar refractivity (Wildman–Crippen MR) is 70.6 cm³/mol. The summed E-state index contributed by atoms with van der Waals surface area (Å²) in [4.78, 5) is 2.22. The Morgan fingerprint density at radius 1 is 1.47 bits per heavy atom. The second kappa shape index (κ2) is 5.52. The molecule has 1 atom stereocenters. The lowest BCUT2D eigenvalue weighted by molar-refractivity contribution is 0.649. The summed E-state index contributed by atoms with van der Waals surface area (Å²) in [5.74, 6) is 0. The number of nitrogens with one attached hydrogen (secondary N) is 1. The van der Waals surface area contributed by atoms with Crippen LogP contribution in [0.1, 0.15) is 25.5 Å². The molecule has 0 aliphatic heterocycles. The van der Waals surface area contributed by atoms with Crippen molar-refractivity contribution in [3.63, 3.8) is 0 Å². The van der Waals surface area contributed by atoms with Gasteiger partial charge in [0.1, 0.15) is 0 Å². The lowest BCUT2D eigenvalue weighted by Crippen LogP contribution is -2.17. The number of halogens is 1. The summed E-state index contributed by atoms with van der Waals surface area (Å²) in [7, 11) is 4.08. The molecule has 15 heavy (non-hydrogen) atoms. The van der Waals surface area contributed by atoms with Crippen LogP contribution in [-0.4, -0.2) is 20.6 Å². The number of hydrogen-bond donors (Lipinski definition) is 1. The molecule has 0 fully saturated rings. The highest BCUT2D eigenvalue weighted by atomic mass is 79.9. The minimum Gasteiger partial charge on any atom is -0.375 e. The van der Waals surface area contributed by atoms with E-state index in [1.165, 1.54) is 15.7 Å². The van der Waals surface area contributed by atoms with E-state index in [2.05, 4.69) is 65.2 Å². The van der Waals surface area contributed by atoms with E-state index >= 15 is 0 Å². The quantitative estimate of drug-likeness (QED) is 0.904. The third-order valence-corrected chi connectivity index (χ3v) is 3.49. The zero-order valence-corrected chi connectivity index (χ0v) is 11.4. The highest BCUT2D eigenvalue weighted by Gasteiger charge is 2.08. The van der Waals surface area contributed by atoms with E-state index in [1.54, 1.807) is 0 Å². The molecule has 1 N–H and O–H groups in total. The van der Waals surface area contributed by atoms with Crippen molar-refractivity contribution in [1.29, 1.82) is 0 Å². The van der Waals surface area contributed by atoms with Crippen molar-refractivity contribution in [3.8, 4) is 0 Å². The van der Waals surface area contributed by atoms with E-state index in [1.807, 2.05) is 7.05 Å². The lowest BCUT2D eigenvalue weighted by atomic mass is 10.1. The average Bonchev–Trinajstić information content (AvgIpc) is 2.26. The molecule has 0 amide bonds. The molecule has 0 heterocycles. The lowest BCUT2D eigenvalue weighted by Gasteiger charge is -2.19. The predicted octanol–water partition coefficient (Wildman–Crippen LogP) is 3.19. The van der Waals surface area contributed by atoms with Crippen LogP contribution in [0.3, 0.4) is 0 Å². The van der Waals surface area contributed by atoms with Gasteiger partial charge in [-0.15, -0.1) is 0 Å². The van der Waals surface area contributed by atoms with Gasteiger partial charge in [0.2, 0.25) is 0 Å². The maximum Gasteiger partial charge on any atom is 0.0375 e. The number of anilines is 1. The summed E-state index contributed by atoms with van der Waals surface area (Å²) < 4.78 is 1.17. The van der Waals surface area contributed by atoms with Gasteiger partial charge in [0.25, 0.3) is 0 Å². The summed E-state index contributed by atoms with van der Waals surface area (Å²) in [6.45, 7) is 5.33. The SMILES string of the molecule is CCN(C)c1ccc(C(C)NC)c(Br)c1. The van der Waals surface area contributed by atoms with Crippen LogP contribution in [0, 0.1) is 0 Å². The molecule has 0 aliphatic carbocycles. The van der Waals surface area contributed by atoms with Crippen molar-refractivity contribution in [3.05, 3.63) is 28.2 Å². The zero-order chi connectivity index (χ0) is 11.4. The summed E-state index contributed by atoms with van der Waals surface area (Å²) in [6, 6.07) is 6.89. The van der Waals surface area contributed by atoms with Gasteiger partial charge in [0, 0.05) is 29.8 Å². The number of rotatable bonds is 4. The molecule has 84 valence electrons. The van der Waals surface area contributed by atoms with Crippen LogP contribution in [0.5, 0.6) is 0 Å². The Labute approximate surface area is 101 Å². The fourth-order valence-corrected chi connectivity index (χ4v) is 2.15. The topological polar surface area (TPSA) is 15.3 Å². The first-order valence-electron chi connectivity index (χ1n) is 5.28. The van der Waals surface area contributed by atoms with Gasteiger partial charge in [0.05, 0.1) is 0 Å². The Bertz CT molecular complexity index is 325. The molecule has 0 bridgehead atoms. The maximum absolute atomic E-state index is 3.62. The Morgan fingerprint density at radius 2 is 2.13 bits per heavy atom. The van der Waals surface area contributed by atoms with Crippen molar-refractivity contribution in [1.82, 2.24) is 5.32 Å². The molecular weight excluding hydrogens is 252 g/mol. The van der Waals surface area contributed by atoms with Crippen LogP contribution in [-0.2, 0) is 0 Å². The Morgan fingerprint density at radius 3 is 2.60 bits per heavy atom. The van der Waals surface area contributed by atoms with Crippen LogP contribution < -0.4 is 10.2 Å². The second-order valence-electron chi connectivity index (χ2n) is 3.73. The van der Waals surface area contributed by atoms with Crippen molar-refractivity contribution in [2.45, 2.75) is 19.9 Å². The standard InChI is InChI=1S/C12H19BrN2/c1-5-15(4)10-6-7-11(9(2)14-3)12(13)8-10/h6-9,14H,5H2,1-4H3. The van der Waals surface area contributed by atoms with Crippen molar-refractivity contribution in [2.75, 3.05) is 25.5 Å². The molecule has 1 rings (SSSR count). The third kappa shape index (κ3) is 2.95. The zero-order valence-electron chi connectivity index (χ0n) is 9.84. The summed E-state index contributed by atoms with van der Waals surface area (Å²) in [6.07, 6.45) is 0. The molecule has 0 aromatic heterocycles. The van der Waals surface area contributed by atoms with Crippen molar-refractivity contribution >= 4 is 21.6 Å². The second-order valence-corrected chi connectivity index (χ2v) is 4.58. The molecule has 3 heteroatoms. The minimum absolute atomic E-state index is 0.375. The van der Waals surface area contributed by atoms with E-state index < -0.39 is 0 Å². The molecule has 0 aliphatic rings. The van der Waals surface area contributed by atoms with Gasteiger partial charge in [-0.2, -0.15) is 0 Å². The monoisotopic (exact) mass is 270 g/mol. The molecule has 1 unspecified atom stereocenters. The van der Waals surface area contributed by atoms with E-state index in [0.29, 0.717) is 6.04 Å². The van der Waals surface area contributed by atoms with Gasteiger partial charge in [0.15, 0.2) is 0 Å². The summed E-state index contributed by atoms with van der Waals surface area (Å²) >= 11 is 3.62. The third-order valence-electron chi connectivity index (χ3n) is 2.80. The van der Waals surface area contributed by atoms with Crippen molar-refractivity contribution < 1.29 is 0 Å². The molecule has 0 radical (unpaired) electrons. The molecule has 0 spiro atoms. The highest BCUT2D eigenvalue weighted by Crippen LogP contribution is 2.27. The van der Waals surface area contributed by atoms with Gasteiger partial charge in [-0.3, -0.25) is 0 Å². The Kier molecular flexibility index (Phi) is 4.61. The molecule has 0 saturated heterocycles. The van der Waals surface area contributed by atoms with Crippen LogP contribution in [0.2, 0.25) is 0 Å². The molecular formula is C12H19BrN2. The molecule has 1 aromatic rings. The number of benzene rings is 1. The van der Waals surface area contributed by atoms with Crippen LogP contribution in [0.15, 0.2) is 22.7 Å². The Balaban J connectivity index is 2.97. The minimum atomic E-state index is 0.375. The fraction of sp³-hybridized carbons (Fsp3) is 0.500. The molecule has 1 aromatic carbocycles. The van der Waals surface area contributed by atoms with Gasteiger partial charge in [-0.1, -0.05) is 22.0 Å². The van der Waals surface area contributed by atoms with Gasteiger partial charge >= 0.3 is 0 Å². The van der Waals surface area contributed by atoms with Gasteiger partial charge in [-0.05, 0) is 38.6 Å². The number of hydrogen-bond acceptors (Lipinski definition) is 2. The van der Waals surface area contributed by atoms with Gasteiger partial charge in [-0.25, -0.2) is 0 Å².